The molecule has 3 aromatic rings. The van der Waals surface area contributed by atoms with Gasteiger partial charge in [-0.25, -0.2) is 0 Å². The average molecular weight is 410 g/mol. The van der Waals surface area contributed by atoms with Crippen LogP contribution in [0, 0.1) is 6.92 Å². The summed E-state index contributed by atoms with van der Waals surface area (Å²) in [6.45, 7) is 2.61. The minimum atomic E-state index is 0.386. The number of hydrogen-bond donors (Lipinski definition) is 2. The van der Waals surface area contributed by atoms with Crippen LogP contribution in [0.25, 0.3) is 0 Å². The van der Waals surface area contributed by atoms with Crippen LogP contribution in [0.4, 0.5) is 5.69 Å². The Morgan fingerprint density at radius 1 is 1.07 bits per heavy atom. The maximum Gasteiger partial charge on any atom is 0.191 e. The van der Waals surface area contributed by atoms with Crippen molar-refractivity contribution in [3.8, 4) is 5.75 Å². The van der Waals surface area contributed by atoms with Gasteiger partial charge in [-0.15, -0.1) is 0 Å². The van der Waals surface area contributed by atoms with E-state index in [2.05, 4.69) is 47.0 Å². The van der Waals surface area contributed by atoms with Gasteiger partial charge in [0, 0.05) is 10.7 Å². The van der Waals surface area contributed by atoms with E-state index in [1.807, 2.05) is 36.4 Å². The summed E-state index contributed by atoms with van der Waals surface area (Å²) in [5.41, 5.74) is 6.89. The highest BCUT2D eigenvalue weighted by atomic mass is 35.5. The number of hydrogen-bond acceptors (Lipinski definition) is 3. The summed E-state index contributed by atoms with van der Waals surface area (Å²) in [6, 6.07) is 23.3. The van der Waals surface area contributed by atoms with Crippen LogP contribution in [0.5, 0.6) is 5.75 Å². The molecule has 3 rings (SSSR count). The monoisotopic (exact) mass is 409 g/mol. The maximum atomic E-state index is 5.95. The number of nitrogens with one attached hydrogen (secondary N) is 2. The number of halogens is 1. The van der Waals surface area contributed by atoms with Gasteiger partial charge in [0.1, 0.15) is 12.4 Å². The van der Waals surface area contributed by atoms with Crippen LogP contribution in [0.15, 0.2) is 77.9 Å². The number of hydrazone groups is 1. The van der Waals surface area contributed by atoms with Crippen molar-refractivity contribution in [3.05, 3.63) is 94.5 Å². The van der Waals surface area contributed by atoms with E-state index in [1.165, 1.54) is 5.56 Å². The summed E-state index contributed by atoms with van der Waals surface area (Å²) in [5, 5.41) is 8.18. The molecule has 0 amide bonds. The van der Waals surface area contributed by atoms with Crippen LogP contribution in [0.2, 0.25) is 5.02 Å². The van der Waals surface area contributed by atoms with E-state index in [0.29, 0.717) is 16.7 Å². The van der Waals surface area contributed by atoms with Gasteiger partial charge >= 0.3 is 0 Å². The first kappa shape index (κ1) is 19.9. The van der Waals surface area contributed by atoms with Crippen molar-refractivity contribution in [1.82, 2.24) is 5.43 Å². The van der Waals surface area contributed by atoms with Gasteiger partial charge < -0.3 is 10.1 Å². The lowest BCUT2D eigenvalue weighted by Gasteiger charge is -2.07. The molecular weight excluding hydrogens is 390 g/mol. The lowest BCUT2D eigenvalue weighted by atomic mass is 10.2. The molecule has 0 saturated heterocycles. The molecule has 0 radical (unpaired) electrons. The molecule has 0 bridgehead atoms. The second kappa shape index (κ2) is 9.88. The van der Waals surface area contributed by atoms with Crippen LogP contribution >= 0.6 is 23.8 Å². The number of nitrogens with zero attached hydrogens (tertiary/aromatic N) is 1. The number of thiocarbonyl (C=S) groups is 1. The summed E-state index contributed by atoms with van der Waals surface area (Å²) in [6.07, 6.45) is 1.69. The maximum absolute atomic E-state index is 5.95. The fourth-order valence-corrected chi connectivity index (χ4v) is 2.75. The Labute approximate surface area is 175 Å². The molecule has 0 saturated carbocycles. The molecule has 2 N–H and O–H groups in total. The molecule has 0 spiro atoms. The highest BCUT2D eigenvalue weighted by Crippen LogP contribution is 2.15. The Hall–Kier alpha value is -2.89. The van der Waals surface area contributed by atoms with Gasteiger partial charge in [0.25, 0.3) is 0 Å². The number of aryl methyl sites for hydroxylation is 1. The molecule has 0 heterocycles. The van der Waals surface area contributed by atoms with E-state index in [1.54, 1.807) is 18.3 Å². The molecule has 4 nitrogen and oxygen atoms in total. The number of ether oxygens (including phenoxy) is 1. The molecule has 142 valence electrons. The van der Waals surface area contributed by atoms with Gasteiger partial charge in [-0.3, -0.25) is 5.43 Å². The Morgan fingerprint density at radius 3 is 2.54 bits per heavy atom. The molecule has 0 fully saturated rings. The minimum absolute atomic E-state index is 0.386. The van der Waals surface area contributed by atoms with Gasteiger partial charge in [0.15, 0.2) is 5.11 Å². The average Bonchev–Trinajstić information content (AvgIpc) is 2.68. The fraction of sp³-hybridized carbons (Fsp3) is 0.0909. The zero-order chi connectivity index (χ0) is 19.8. The first-order valence-electron chi connectivity index (χ1n) is 8.72. The predicted molar refractivity (Wildman–Crippen MR) is 120 cm³/mol. The molecule has 0 aliphatic rings. The largest absolute Gasteiger partial charge is 0.489 e. The van der Waals surface area contributed by atoms with Crippen LogP contribution in [0.3, 0.4) is 0 Å². The van der Waals surface area contributed by atoms with Crippen molar-refractivity contribution in [1.29, 1.82) is 0 Å². The minimum Gasteiger partial charge on any atom is -0.489 e. The van der Waals surface area contributed by atoms with Crippen LogP contribution in [-0.2, 0) is 6.61 Å². The van der Waals surface area contributed by atoms with E-state index < -0.39 is 0 Å². The van der Waals surface area contributed by atoms with Crippen LogP contribution < -0.4 is 15.5 Å². The SMILES string of the molecule is Cc1ccc(COc2ccc(C=NNC(=S)Nc3cccc(Cl)c3)cc2)cc1. The normalized spacial score (nSPS) is 10.6. The van der Waals surface area contributed by atoms with Crippen LogP contribution in [-0.4, -0.2) is 11.3 Å². The second-order valence-electron chi connectivity index (χ2n) is 6.18. The highest BCUT2D eigenvalue weighted by molar-refractivity contribution is 7.80. The third kappa shape index (κ3) is 6.37. The first-order chi connectivity index (χ1) is 13.6. The Kier molecular flexibility index (Phi) is 7.00. The Bertz CT molecular complexity index is 956. The molecule has 0 aromatic heterocycles. The third-order valence-corrected chi connectivity index (χ3v) is 4.30. The predicted octanol–water partition coefficient (Wildman–Crippen LogP) is 5.55. The van der Waals surface area contributed by atoms with Crippen molar-refractivity contribution in [2.45, 2.75) is 13.5 Å². The van der Waals surface area contributed by atoms with E-state index in [9.17, 15) is 0 Å². The zero-order valence-electron chi connectivity index (χ0n) is 15.4. The van der Waals surface area contributed by atoms with Gasteiger partial charge in [0.2, 0.25) is 0 Å². The standard InChI is InChI=1S/C22H20ClN3OS/c1-16-5-7-18(8-6-16)15-27-21-11-9-17(10-12-21)14-24-26-22(28)25-20-4-2-3-19(23)13-20/h2-14H,15H2,1H3,(H2,25,26,28). The lowest BCUT2D eigenvalue weighted by Crippen LogP contribution is -2.23. The summed E-state index contributed by atoms with van der Waals surface area (Å²) in [5.74, 6) is 0.809. The van der Waals surface area contributed by atoms with E-state index >= 15 is 0 Å². The third-order valence-electron chi connectivity index (χ3n) is 3.87. The smallest absolute Gasteiger partial charge is 0.191 e. The molecule has 3 aromatic carbocycles. The molecule has 0 atom stereocenters. The van der Waals surface area contributed by atoms with E-state index in [4.69, 9.17) is 28.6 Å². The zero-order valence-corrected chi connectivity index (χ0v) is 16.9. The quantitative estimate of drug-likeness (QED) is 0.318. The van der Waals surface area contributed by atoms with Gasteiger partial charge in [-0.05, 0) is 72.7 Å². The molecule has 0 aliphatic carbocycles. The second-order valence-corrected chi connectivity index (χ2v) is 7.02. The van der Waals surface area contributed by atoms with Gasteiger partial charge in [-0.1, -0.05) is 47.5 Å². The number of rotatable bonds is 6. The van der Waals surface area contributed by atoms with Gasteiger partial charge in [0.05, 0.1) is 6.21 Å². The number of benzene rings is 3. The van der Waals surface area contributed by atoms with Crippen molar-refractivity contribution >= 4 is 40.8 Å². The summed E-state index contributed by atoms with van der Waals surface area (Å²) < 4.78 is 5.80. The molecular formula is C22H20ClN3OS. The molecule has 28 heavy (non-hydrogen) atoms. The van der Waals surface area contributed by atoms with Crippen molar-refractivity contribution in [2.24, 2.45) is 5.10 Å². The van der Waals surface area contributed by atoms with Crippen molar-refractivity contribution in [3.63, 3.8) is 0 Å². The topological polar surface area (TPSA) is 45.6 Å². The van der Waals surface area contributed by atoms with E-state index in [0.717, 1.165) is 22.6 Å². The fourth-order valence-electron chi connectivity index (χ4n) is 2.39. The van der Waals surface area contributed by atoms with E-state index in [-0.39, 0.29) is 0 Å². The van der Waals surface area contributed by atoms with Gasteiger partial charge in [-0.2, -0.15) is 5.10 Å². The lowest BCUT2D eigenvalue weighted by molar-refractivity contribution is 0.306. The number of anilines is 1. The Balaban J connectivity index is 1.46. The summed E-state index contributed by atoms with van der Waals surface area (Å²) >= 11 is 11.2. The molecule has 0 unspecified atom stereocenters. The highest BCUT2D eigenvalue weighted by Gasteiger charge is 1.98. The van der Waals surface area contributed by atoms with Crippen LogP contribution in [0.1, 0.15) is 16.7 Å². The summed E-state index contributed by atoms with van der Waals surface area (Å²) in [7, 11) is 0. The first-order valence-corrected chi connectivity index (χ1v) is 9.51. The Morgan fingerprint density at radius 2 is 1.82 bits per heavy atom. The molecule has 6 heteroatoms. The summed E-state index contributed by atoms with van der Waals surface area (Å²) in [4.78, 5) is 0. The molecule has 0 aliphatic heterocycles. The van der Waals surface area contributed by atoms with Crippen molar-refractivity contribution < 1.29 is 4.74 Å². The van der Waals surface area contributed by atoms with Crippen molar-refractivity contribution in [2.75, 3.05) is 5.32 Å².